The Labute approximate surface area is 230 Å². The molecule has 4 N–H and O–H groups in total. The predicted molar refractivity (Wildman–Crippen MR) is 145 cm³/mol. The minimum absolute atomic E-state index is 0.0101. The van der Waals surface area contributed by atoms with Gasteiger partial charge in [0.25, 0.3) is 0 Å². The normalized spacial score (nSPS) is 12.8. The second-order valence-corrected chi connectivity index (χ2v) is 9.05. The molecular weight excluding hydrogens is 524 g/mol. The Bertz CT molecular complexity index is 1460. The standard InChI is InChI=1S/C27H33F2N7O4/c1-3-34(9-10-37)8-5-11-40-24-13-21-19(12-23(24)39-2)27(33-18-14-32-35(15-18)16-25(30)38)36(17-31-21)22-7-4-6-20(28)26(22)29/h4,6-7,12-15,33,37H,3,5,8-11,16-17H2,1-2H3,(H2,30,38). The highest BCUT2D eigenvalue weighted by atomic mass is 19.2. The number of aliphatic hydroxyl groups is 1. The smallest absolute Gasteiger partial charge is 0.239 e. The van der Waals surface area contributed by atoms with Crippen molar-refractivity contribution >= 4 is 23.1 Å². The van der Waals surface area contributed by atoms with Crippen molar-refractivity contribution in [3.05, 3.63) is 64.9 Å². The van der Waals surface area contributed by atoms with E-state index in [1.165, 1.54) is 35.0 Å². The molecule has 11 nitrogen and oxygen atoms in total. The summed E-state index contributed by atoms with van der Waals surface area (Å²) in [5.74, 6) is -1.23. The van der Waals surface area contributed by atoms with E-state index in [4.69, 9.17) is 15.2 Å². The van der Waals surface area contributed by atoms with E-state index in [9.17, 15) is 18.7 Å². The third-order valence-corrected chi connectivity index (χ3v) is 6.36. The molecular formula is C27H33F2N7O4. The molecule has 3 aromatic rings. The summed E-state index contributed by atoms with van der Waals surface area (Å²) in [4.78, 5) is 19.6. The van der Waals surface area contributed by atoms with Crippen LogP contribution in [0.25, 0.3) is 5.82 Å². The number of ether oxygens (including phenoxy) is 2. The quantitative estimate of drug-likeness (QED) is 0.251. The molecule has 2 heterocycles. The van der Waals surface area contributed by atoms with E-state index in [2.05, 4.69) is 20.3 Å². The molecule has 0 radical (unpaired) electrons. The molecule has 2 aromatic carbocycles. The lowest BCUT2D eigenvalue weighted by Crippen LogP contribution is -2.43. The first-order valence-corrected chi connectivity index (χ1v) is 12.9. The fourth-order valence-electron chi connectivity index (χ4n) is 4.39. The van der Waals surface area contributed by atoms with Crippen LogP contribution < -0.4 is 36.0 Å². The Morgan fingerprint density at radius 1 is 1.25 bits per heavy atom. The van der Waals surface area contributed by atoms with Gasteiger partial charge in [-0.15, -0.1) is 0 Å². The third-order valence-electron chi connectivity index (χ3n) is 6.36. The number of hydrogen-bond donors (Lipinski definition) is 3. The summed E-state index contributed by atoms with van der Waals surface area (Å²) >= 11 is 0. The molecule has 0 spiro atoms. The van der Waals surface area contributed by atoms with E-state index in [1.54, 1.807) is 18.3 Å². The molecule has 0 saturated heterocycles. The number of rotatable bonds is 14. The van der Waals surface area contributed by atoms with Gasteiger partial charge >= 0.3 is 0 Å². The third kappa shape index (κ3) is 6.66. The van der Waals surface area contributed by atoms with Crippen LogP contribution in [0.15, 0.2) is 47.7 Å². The molecule has 0 fully saturated rings. The number of carbonyl (C=O) groups excluding carboxylic acids is 1. The minimum Gasteiger partial charge on any atom is -0.493 e. The van der Waals surface area contributed by atoms with Gasteiger partial charge in [0.05, 0.1) is 43.3 Å². The van der Waals surface area contributed by atoms with Crippen LogP contribution in [-0.4, -0.2) is 72.3 Å². The number of benzene rings is 2. The van der Waals surface area contributed by atoms with Crippen LogP contribution in [0.2, 0.25) is 0 Å². The molecule has 1 aromatic heterocycles. The molecule has 1 aliphatic heterocycles. The number of nitrogens with one attached hydrogen (secondary N) is 1. The molecule has 4 rings (SSSR count). The Morgan fingerprint density at radius 2 is 2.08 bits per heavy atom. The molecule has 0 unspecified atom stereocenters. The summed E-state index contributed by atoms with van der Waals surface area (Å²) < 4.78 is 42.1. The monoisotopic (exact) mass is 557 g/mol. The van der Waals surface area contributed by atoms with Crippen molar-refractivity contribution in [1.82, 2.24) is 14.7 Å². The summed E-state index contributed by atoms with van der Waals surface area (Å²) in [7, 11) is 1.51. The lowest BCUT2D eigenvalue weighted by Gasteiger charge is -2.29. The Balaban J connectivity index is 1.71. The number of hydrogen-bond acceptors (Lipinski definition) is 9. The Hall–Kier alpha value is -4.23. The van der Waals surface area contributed by atoms with Crippen LogP contribution >= 0.6 is 0 Å². The maximum Gasteiger partial charge on any atom is 0.239 e. The Kier molecular flexibility index (Phi) is 9.51. The number of amides is 1. The van der Waals surface area contributed by atoms with Crippen LogP contribution in [0.3, 0.4) is 0 Å². The molecule has 0 aliphatic carbocycles. The average molecular weight is 558 g/mol. The number of halogens is 2. The lowest BCUT2D eigenvalue weighted by molar-refractivity contribution is -0.118. The van der Waals surface area contributed by atoms with Gasteiger partial charge in [-0.1, -0.05) is 13.0 Å². The van der Waals surface area contributed by atoms with Crippen molar-refractivity contribution in [2.75, 3.05) is 56.8 Å². The van der Waals surface area contributed by atoms with Gasteiger partial charge in [0.1, 0.15) is 19.0 Å². The van der Waals surface area contributed by atoms with Crippen LogP contribution in [-0.2, 0) is 11.3 Å². The number of carbonyl (C=O) groups is 1. The fourth-order valence-corrected chi connectivity index (χ4v) is 4.39. The number of likely N-dealkylation sites (N-methyl/N-ethyl adjacent to an activating group) is 1. The van der Waals surface area contributed by atoms with Crippen LogP contribution in [0.5, 0.6) is 11.5 Å². The van der Waals surface area contributed by atoms with E-state index in [0.717, 1.165) is 25.6 Å². The maximum atomic E-state index is 14.9. The van der Waals surface area contributed by atoms with E-state index >= 15 is 0 Å². The first kappa shape index (κ1) is 28.8. The van der Waals surface area contributed by atoms with Crippen molar-refractivity contribution in [3.63, 3.8) is 0 Å². The molecule has 0 bridgehead atoms. The first-order chi connectivity index (χ1) is 19.3. The van der Waals surface area contributed by atoms with Crippen LogP contribution in [0.4, 0.5) is 20.2 Å². The van der Waals surface area contributed by atoms with Crippen molar-refractivity contribution < 1.29 is 28.2 Å². The minimum atomic E-state index is -1.01. The topological polar surface area (TPSA) is 130 Å². The van der Waals surface area contributed by atoms with Gasteiger partial charge < -0.3 is 35.4 Å². The van der Waals surface area contributed by atoms with Crippen molar-refractivity contribution in [2.45, 2.75) is 19.9 Å². The number of nitrogens with two attached hydrogens (primary N) is 1. The number of fused-ring (bicyclic) bond motifs is 1. The van der Waals surface area contributed by atoms with E-state index in [0.29, 0.717) is 46.7 Å². The zero-order valence-corrected chi connectivity index (χ0v) is 22.4. The second-order valence-electron chi connectivity index (χ2n) is 9.05. The van der Waals surface area contributed by atoms with Gasteiger partial charge in [-0.2, -0.15) is 5.10 Å². The lowest BCUT2D eigenvalue weighted by atomic mass is 10.2. The number of aromatic nitrogens is 2. The van der Waals surface area contributed by atoms with Crippen LogP contribution in [0.1, 0.15) is 13.3 Å². The summed E-state index contributed by atoms with van der Waals surface area (Å²) in [5.41, 5.74) is 5.76. The number of aliphatic hydroxyl groups excluding tert-OH is 1. The maximum absolute atomic E-state index is 14.9. The van der Waals surface area contributed by atoms with E-state index in [1.807, 2.05) is 6.92 Å². The van der Waals surface area contributed by atoms with Gasteiger partial charge in [-0.05, 0) is 31.2 Å². The summed E-state index contributed by atoms with van der Waals surface area (Å²) in [6, 6.07) is 7.39. The van der Waals surface area contributed by atoms with Gasteiger partial charge in [-0.25, -0.2) is 8.78 Å². The zero-order chi connectivity index (χ0) is 28.6. The Morgan fingerprint density at radius 3 is 2.80 bits per heavy atom. The SMILES string of the molecule is CCN(CCO)CCCOc1cc2c(cc1OC)=C(Nc1cnn(CC(N)=O)c1)N(c1cccc(F)c1F)CN=2. The van der Waals surface area contributed by atoms with E-state index in [-0.39, 0.29) is 25.5 Å². The van der Waals surface area contributed by atoms with Crippen LogP contribution in [0, 0.1) is 11.6 Å². The summed E-state index contributed by atoms with van der Waals surface area (Å²) in [6.45, 7) is 4.64. The van der Waals surface area contributed by atoms with Gasteiger partial charge in [0.15, 0.2) is 23.1 Å². The number of primary amides is 1. The largest absolute Gasteiger partial charge is 0.493 e. The summed E-state index contributed by atoms with van der Waals surface area (Å²) in [5, 5.41) is 17.6. The molecule has 1 aliphatic rings. The number of anilines is 2. The average Bonchev–Trinajstić information content (AvgIpc) is 3.37. The van der Waals surface area contributed by atoms with Crippen molar-refractivity contribution in [2.24, 2.45) is 10.7 Å². The number of nitrogens with zero attached hydrogens (tertiary/aromatic N) is 5. The fraction of sp³-hybridized carbons (Fsp3) is 0.370. The highest BCUT2D eigenvalue weighted by molar-refractivity contribution is 5.78. The molecule has 0 saturated carbocycles. The number of methoxy groups -OCH3 is 1. The molecule has 13 heteroatoms. The van der Waals surface area contributed by atoms with Gasteiger partial charge in [-0.3, -0.25) is 14.5 Å². The van der Waals surface area contributed by atoms with Crippen molar-refractivity contribution in [1.29, 1.82) is 0 Å². The second kappa shape index (κ2) is 13.2. The molecule has 214 valence electrons. The van der Waals surface area contributed by atoms with Gasteiger partial charge in [0.2, 0.25) is 5.91 Å². The molecule has 0 atom stereocenters. The molecule has 40 heavy (non-hydrogen) atoms. The summed E-state index contributed by atoms with van der Waals surface area (Å²) in [6.07, 6.45) is 3.81. The zero-order valence-electron chi connectivity index (χ0n) is 22.4. The first-order valence-electron chi connectivity index (χ1n) is 12.9. The van der Waals surface area contributed by atoms with E-state index < -0.39 is 17.5 Å². The van der Waals surface area contributed by atoms with Crippen molar-refractivity contribution in [3.8, 4) is 11.5 Å². The highest BCUT2D eigenvalue weighted by Gasteiger charge is 2.23. The highest BCUT2D eigenvalue weighted by Crippen LogP contribution is 2.28. The van der Waals surface area contributed by atoms with Gasteiger partial charge in [0, 0.05) is 30.6 Å². The predicted octanol–water partition coefficient (Wildman–Crippen LogP) is 1.01. The molecule has 1 amide bonds.